The number of nitrogens with one attached hydrogen (secondary N) is 2. The lowest BCUT2D eigenvalue weighted by Gasteiger charge is -2.30. The van der Waals surface area contributed by atoms with E-state index >= 15 is 0 Å². The van der Waals surface area contributed by atoms with Crippen molar-refractivity contribution in [3.63, 3.8) is 0 Å². The number of carboxylic acids is 1. The first-order valence-corrected chi connectivity index (χ1v) is 6.08. The average Bonchev–Trinajstić information content (AvgIpc) is 2.36. The number of aliphatic hydroxyl groups is 1. The minimum absolute atomic E-state index is 0.303. The normalized spacial score (nSPS) is 17.8. The molecule has 6 nitrogen and oxygen atoms in total. The number of carbonyl (C=O) groups is 2. The number of rotatable bonds is 5. The van der Waals surface area contributed by atoms with Crippen LogP contribution in [0.1, 0.15) is 17.0 Å². The van der Waals surface area contributed by atoms with E-state index in [9.17, 15) is 9.59 Å². The fourth-order valence-electron chi connectivity index (χ4n) is 2.10. The third kappa shape index (κ3) is 3.23. The van der Waals surface area contributed by atoms with Gasteiger partial charge in [-0.2, -0.15) is 0 Å². The van der Waals surface area contributed by atoms with Crippen LogP contribution in [0.3, 0.4) is 0 Å². The van der Waals surface area contributed by atoms with E-state index in [0.29, 0.717) is 12.5 Å². The molecule has 2 atom stereocenters. The molecule has 2 unspecified atom stereocenters. The predicted molar refractivity (Wildman–Crippen MR) is 67.9 cm³/mol. The van der Waals surface area contributed by atoms with Crippen molar-refractivity contribution in [2.75, 3.05) is 13.1 Å². The van der Waals surface area contributed by atoms with Crippen molar-refractivity contribution < 1.29 is 19.8 Å². The van der Waals surface area contributed by atoms with Crippen LogP contribution < -0.4 is 10.6 Å². The third-order valence-corrected chi connectivity index (χ3v) is 3.21. The van der Waals surface area contributed by atoms with E-state index in [1.807, 2.05) is 18.2 Å². The lowest BCUT2D eigenvalue weighted by molar-refractivity contribution is -0.146. The molecule has 0 aliphatic heterocycles. The maximum atomic E-state index is 11.4. The number of hydrogen-bond acceptors (Lipinski definition) is 3. The van der Waals surface area contributed by atoms with Crippen LogP contribution in [0, 0.1) is 0 Å². The number of aliphatic hydroxyl groups excluding tert-OH is 1. The lowest BCUT2D eigenvalue weighted by atomic mass is 9.78. The lowest BCUT2D eigenvalue weighted by Crippen LogP contribution is -2.44. The molecule has 102 valence electrons. The number of carboxylic acid groups (broad SMARTS) is 1. The number of carbonyl (C=O) groups excluding carboxylic acids is 1. The van der Waals surface area contributed by atoms with Gasteiger partial charge in [-0.15, -0.1) is 0 Å². The zero-order valence-electron chi connectivity index (χ0n) is 10.3. The van der Waals surface area contributed by atoms with Crippen LogP contribution >= 0.6 is 0 Å². The van der Waals surface area contributed by atoms with Crippen molar-refractivity contribution in [1.82, 2.24) is 10.6 Å². The summed E-state index contributed by atoms with van der Waals surface area (Å²) in [5, 5.41) is 22.4. The van der Waals surface area contributed by atoms with Gasteiger partial charge in [-0.25, -0.2) is 9.59 Å². The first-order chi connectivity index (χ1) is 9.08. The summed E-state index contributed by atoms with van der Waals surface area (Å²) in [7, 11) is 0. The average molecular weight is 264 g/mol. The molecular formula is C13H16N2O4. The zero-order valence-corrected chi connectivity index (χ0v) is 10.3. The van der Waals surface area contributed by atoms with E-state index in [0.717, 1.165) is 6.42 Å². The summed E-state index contributed by atoms with van der Waals surface area (Å²) < 4.78 is 0. The zero-order chi connectivity index (χ0) is 13.8. The van der Waals surface area contributed by atoms with E-state index in [1.165, 1.54) is 11.1 Å². The molecule has 0 aromatic heterocycles. The van der Waals surface area contributed by atoms with Gasteiger partial charge in [0.1, 0.15) is 0 Å². The Kier molecular flexibility index (Phi) is 4.01. The van der Waals surface area contributed by atoms with E-state index in [1.54, 1.807) is 0 Å². The summed E-state index contributed by atoms with van der Waals surface area (Å²) in [6, 6.07) is 7.59. The van der Waals surface area contributed by atoms with E-state index in [2.05, 4.69) is 16.7 Å². The highest BCUT2D eigenvalue weighted by atomic mass is 16.4. The quantitative estimate of drug-likeness (QED) is 0.605. The molecule has 2 amide bonds. The van der Waals surface area contributed by atoms with Crippen LogP contribution in [0.15, 0.2) is 24.3 Å². The van der Waals surface area contributed by atoms with Gasteiger partial charge in [-0.05, 0) is 17.5 Å². The molecule has 1 aliphatic rings. The molecule has 1 aliphatic carbocycles. The van der Waals surface area contributed by atoms with E-state index in [-0.39, 0.29) is 6.54 Å². The minimum atomic E-state index is -1.57. The molecule has 4 N–H and O–H groups in total. The predicted octanol–water partition coefficient (Wildman–Crippen LogP) is 0.0710. The highest BCUT2D eigenvalue weighted by Crippen LogP contribution is 2.33. The third-order valence-electron chi connectivity index (χ3n) is 3.21. The Bertz CT molecular complexity index is 489. The Balaban J connectivity index is 1.70. The first kappa shape index (κ1) is 13.4. The van der Waals surface area contributed by atoms with Crippen LogP contribution in [0.2, 0.25) is 0 Å². The molecule has 6 heteroatoms. The van der Waals surface area contributed by atoms with Crippen molar-refractivity contribution in [3.8, 4) is 0 Å². The topological polar surface area (TPSA) is 98.7 Å². The molecule has 0 saturated heterocycles. The summed E-state index contributed by atoms with van der Waals surface area (Å²) >= 11 is 0. The van der Waals surface area contributed by atoms with Crippen LogP contribution in [0.4, 0.5) is 4.79 Å². The van der Waals surface area contributed by atoms with Crippen LogP contribution in [-0.4, -0.2) is 41.4 Å². The number of aliphatic carboxylic acids is 1. The van der Waals surface area contributed by atoms with Crippen molar-refractivity contribution in [1.29, 1.82) is 0 Å². The monoisotopic (exact) mass is 264 g/mol. The molecule has 0 saturated carbocycles. The van der Waals surface area contributed by atoms with E-state index < -0.39 is 18.1 Å². The Labute approximate surface area is 110 Å². The summed E-state index contributed by atoms with van der Waals surface area (Å²) in [6.07, 6.45) is -0.635. The van der Waals surface area contributed by atoms with Gasteiger partial charge in [-0.1, -0.05) is 24.3 Å². The van der Waals surface area contributed by atoms with Gasteiger partial charge in [-0.3, -0.25) is 0 Å². The Hall–Kier alpha value is -2.08. The molecule has 0 radical (unpaired) electrons. The fourth-order valence-corrected chi connectivity index (χ4v) is 2.10. The second-order valence-electron chi connectivity index (χ2n) is 4.54. The second-order valence-corrected chi connectivity index (χ2v) is 4.54. The molecule has 1 aromatic carbocycles. The van der Waals surface area contributed by atoms with Crippen molar-refractivity contribution in [2.24, 2.45) is 0 Å². The van der Waals surface area contributed by atoms with Gasteiger partial charge in [0.05, 0.1) is 6.54 Å². The molecule has 1 aromatic rings. The van der Waals surface area contributed by atoms with Gasteiger partial charge in [0.15, 0.2) is 6.10 Å². The molecule has 2 rings (SSSR count). The van der Waals surface area contributed by atoms with Crippen LogP contribution in [-0.2, 0) is 11.2 Å². The number of benzene rings is 1. The molecule has 19 heavy (non-hydrogen) atoms. The van der Waals surface area contributed by atoms with Gasteiger partial charge in [0.25, 0.3) is 0 Å². The van der Waals surface area contributed by atoms with Gasteiger partial charge in [0.2, 0.25) is 0 Å². The largest absolute Gasteiger partial charge is 0.479 e. The molecular weight excluding hydrogens is 248 g/mol. The van der Waals surface area contributed by atoms with Crippen molar-refractivity contribution in [3.05, 3.63) is 35.4 Å². The van der Waals surface area contributed by atoms with Gasteiger partial charge in [0, 0.05) is 12.5 Å². The molecule has 0 fully saturated rings. The first-order valence-electron chi connectivity index (χ1n) is 6.08. The maximum absolute atomic E-state index is 11.4. The summed E-state index contributed by atoms with van der Waals surface area (Å²) in [4.78, 5) is 21.7. The number of fused-ring (bicyclic) bond motifs is 1. The summed E-state index contributed by atoms with van der Waals surface area (Å²) in [5.41, 5.74) is 2.55. The Morgan fingerprint density at radius 2 is 2.05 bits per heavy atom. The maximum Gasteiger partial charge on any atom is 0.334 e. The SMILES string of the molecule is O=C(NCC(O)C(=O)O)NCC1Cc2ccccc21. The van der Waals surface area contributed by atoms with Crippen LogP contribution in [0.5, 0.6) is 0 Å². The standard InChI is InChI=1S/C13H16N2O4/c16-11(12(17)18)7-15-13(19)14-6-9-5-8-3-1-2-4-10(8)9/h1-4,9,11,16H,5-7H2,(H,17,18)(H2,14,15,19). The fraction of sp³-hybridized carbons (Fsp3) is 0.385. The summed E-state index contributed by atoms with van der Waals surface area (Å²) in [6.45, 7) is 0.203. The van der Waals surface area contributed by atoms with Crippen molar-refractivity contribution >= 4 is 12.0 Å². The van der Waals surface area contributed by atoms with Crippen LogP contribution in [0.25, 0.3) is 0 Å². The second kappa shape index (κ2) is 5.71. The number of hydrogen-bond donors (Lipinski definition) is 4. The Morgan fingerprint density at radius 3 is 2.74 bits per heavy atom. The molecule has 0 spiro atoms. The van der Waals surface area contributed by atoms with Crippen molar-refractivity contribution in [2.45, 2.75) is 18.4 Å². The highest BCUT2D eigenvalue weighted by molar-refractivity contribution is 5.76. The van der Waals surface area contributed by atoms with Gasteiger partial charge >= 0.3 is 12.0 Å². The molecule has 0 bridgehead atoms. The number of amides is 2. The summed E-state index contributed by atoms with van der Waals surface area (Å²) in [5.74, 6) is -1.04. The van der Waals surface area contributed by atoms with E-state index in [4.69, 9.17) is 10.2 Å². The number of urea groups is 1. The molecule has 0 heterocycles. The van der Waals surface area contributed by atoms with Gasteiger partial charge < -0.3 is 20.8 Å². The Morgan fingerprint density at radius 1 is 1.32 bits per heavy atom. The smallest absolute Gasteiger partial charge is 0.334 e. The minimum Gasteiger partial charge on any atom is -0.479 e. The highest BCUT2D eigenvalue weighted by Gasteiger charge is 2.25.